The van der Waals surface area contributed by atoms with Gasteiger partial charge in [-0.15, -0.1) is 11.3 Å². The maximum atomic E-state index is 12.2. The molecule has 0 atom stereocenters. The summed E-state index contributed by atoms with van der Waals surface area (Å²) < 4.78 is 29.0. The predicted molar refractivity (Wildman–Crippen MR) is 83.5 cm³/mol. The number of sulfonamides is 1. The minimum absolute atomic E-state index is 0.244. The van der Waals surface area contributed by atoms with Gasteiger partial charge < -0.3 is 5.32 Å². The summed E-state index contributed by atoms with van der Waals surface area (Å²) in [6.07, 6.45) is 3.43. The van der Waals surface area contributed by atoms with Crippen LogP contribution in [0.5, 0.6) is 0 Å². The molecule has 2 rings (SSSR count). The summed E-state index contributed by atoms with van der Waals surface area (Å²) in [5.74, 6) is 0. The number of nitrogens with zero attached hydrogens (tertiary/aromatic N) is 2. The molecule has 0 radical (unpaired) electrons. The van der Waals surface area contributed by atoms with Crippen molar-refractivity contribution in [1.82, 2.24) is 19.8 Å². The Kier molecular flexibility index (Phi) is 5.15. The maximum absolute atomic E-state index is 12.2. The molecule has 0 aliphatic heterocycles. The molecule has 2 aromatic rings. The highest BCUT2D eigenvalue weighted by Gasteiger charge is 2.16. The van der Waals surface area contributed by atoms with Crippen LogP contribution in [0, 0.1) is 0 Å². The Labute approximate surface area is 129 Å². The highest BCUT2D eigenvalue weighted by Crippen LogP contribution is 2.21. The summed E-state index contributed by atoms with van der Waals surface area (Å²) in [6, 6.07) is 3.86. The Balaban J connectivity index is 1.99. The molecule has 116 valence electrons. The number of nitrogens with one attached hydrogen (secondary N) is 2. The SMILES string of the molecule is CC(C)NCc1ccc(S(=O)(=O)NCc2cnn(C)c2)s1. The van der Waals surface area contributed by atoms with Gasteiger partial charge in [0.2, 0.25) is 10.0 Å². The number of aromatic nitrogens is 2. The summed E-state index contributed by atoms with van der Waals surface area (Å²) in [5, 5.41) is 7.28. The van der Waals surface area contributed by atoms with E-state index >= 15 is 0 Å². The van der Waals surface area contributed by atoms with E-state index in [1.807, 2.05) is 6.07 Å². The maximum Gasteiger partial charge on any atom is 0.250 e. The average Bonchev–Trinajstić information content (AvgIpc) is 3.03. The third-order valence-corrected chi connectivity index (χ3v) is 5.79. The first-order chi connectivity index (χ1) is 9.87. The Morgan fingerprint density at radius 1 is 1.33 bits per heavy atom. The molecule has 0 aliphatic carbocycles. The molecule has 0 saturated heterocycles. The van der Waals surface area contributed by atoms with E-state index in [0.29, 0.717) is 16.8 Å². The van der Waals surface area contributed by atoms with E-state index < -0.39 is 10.0 Å². The van der Waals surface area contributed by atoms with E-state index in [4.69, 9.17) is 0 Å². The molecule has 21 heavy (non-hydrogen) atoms. The minimum Gasteiger partial charge on any atom is -0.310 e. The number of thiophene rings is 1. The smallest absolute Gasteiger partial charge is 0.250 e. The zero-order valence-corrected chi connectivity index (χ0v) is 14.0. The van der Waals surface area contributed by atoms with E-state index in [0.717, 1.165) is 10.4 Å². The largest absolute Gasteiger partial charge is 0.310 e. The molecule has 8 heteroatoms. The lowest BCUT2D eigenvalue weighted by molar-refractivity contribution is 0.583. The van der Waals surface area contributed by atoms with Gasteiger partial charge in [-0.05, 0) is 12.1 Å². The molecule has 6 nitrogen and oxygen atoms in total. The second-order valence-corrected chi connectivity index (χ2v) is 8.27. The summed E-state index contributed by atoms with van der Waals surface area (Å²) >= 11 is 1.29. The zero-order valence-electron chi connectivity index (χ0n) is 12.3. The van der Waals surface area contributed by atoms with Crippen molar-refractivity contribution in [2.75, 3.05) is 0 Å². The lowest BCUT2D eigenvalue weighted by atomic mass is 10.4. The molecule has 0 unspecified atom stereocenters. The average molecular weight is 328 g/mol. The fourth-order valence-electron chi connectivity index (χ4n) is 1.72. The molecule has 0 amide bonds. The van der Waals surface area contributed by atoms with Crippen LogP contribution in [-0.4, -0.2) is 24.2 Å². The van der Waals surface area contributed by atoms with Gasteiger partial charge in [-0.25, -0.2) is 13.1 Å². The Morgan fingerprint density at radius 3 is 2.71 bits per heavy atom. The predicted octanol–water partition coefficient (Wildman–Crippen LogP) is 1.46. The van der Waals surface area contributed by atoms with Gasteiger partial charge in [0.15, 0.2) is 0 Å². The van der Waals surface area contributed by atoms with Crippen molar-refractivity contribution < 1.29 is 8.42 Å². The number of hydrogen-bond donors (Lipinski definition) is 2. The van der Waals surface area contributed by atoms with Crippen LogP contribution in [0.4, 0.5) is 0 Å². The van der Waals surface area contributed by atoms with Gasteiger partial charge in [-0.3, -0.25) is 4.68 Å². The molecular formula is C13H20N4O2S2. The van der Waals surface area contributed by atoms with Crippen molar-refractivity contribution in [2.45, 2.75) is 37.2 Å². The molecule has 2 aromatic heterocycles. The lowest BCUT2D eigenvalue weighted by Crippen LogP contribution is -2.22. The normalized spacial score (nSPS) is 12.2. The van der Waals surface area contributed by atoms with Gasteiger partial charge in [-0.2, -0.15) is 5.10 Å². The highest BCUT2D eigenvalue weighted by atomic mass is 32.2. The molecule has 0 saturated carbocycles. The highest BCUT2D eigenvalue weighted by molar-refractivity contribution is 7.91. The minimum atomic E-state index is -3.46. The van der Waals surface area contributed by atoms with Crippen LogP contribution in [0.15, 0.2) is 28.7 Å². The van der Waals surface area contributed by atoms with Crippen LogP contribution >= 0.6 is 11.3 Å². The molecule has 0 spiro atoms. The quantitative estimate of drug-likeness (QED) is 0.807. The first-order valence-electron chi connectivity index (χ1n) is 6.66. The van der Waals surface area contributed by atoms with Gasteiger partial charge >= 0.3 is 0 Å². The monoisotopic (exact) mass is 328 g/mol. The Morgan fingerprint density at radius 2 is 2.10 bits per heavy atom. The van der Waals surface area contributed by atoms with E-state index in [2.05, 4.69) is 29.0 Å². The van der Waals surface area contributed by atoms with Crippen molar-refractivity contribution in [3.8, 4) is 0 Å². The van der Waals surface area contributed by atoms with Crippen LogP contribution in [0.2, 0.25) is 0 Å². The van der Waals surface area contributed by atoms with Crippen LogP contribution in [0.3, 0.4) is 0 Å². The van der Waals surface area contributed by atoms with E-state index in [1.165, 1.54) is 11.3 Å². The second kappa shape index (κ2) is 6.69. The lowest BCUT2D eigenvalue weighted by Gasteiger charge is -2.05. The number of hydrogen-bond acceptors (Lipinski definition) is 5. The van der Waals surface area contributed by atoms with Crippen molar-refractivity contribution >= 4 is 21.4 Å². The molecule has 0 fully saturated rings. The molecule has 2 heterocycles. The van der Waals surface area contributed by atoms with Crippen molar-refractivity contribution in [3.05, 3.63) is 35.0 Å². The number of rotatable bonds is 7. The van der Waals surface area contributed by atoms with Crippen LogP contribution in [-0.2, 0) is 30.2 Å². The van der Waals surface area contributed by atoms with Crippen LogP contribution in [0.25, 0.3) is 0 Å². The second-order valence-electron chi connectivity index (χ2n) is 5.10. The number of aryl methyl sites for hydroxylation is 1. The van der Waals surface area contributed by atoms with Gasteiger partial charge in [0.25, 0.3) is 0 Å². The summed E-state index contributed by atoms with van der Waals surface area (Å²) in [7, 11) is -1.67. The van der Waals surface area contributed by atoms with Crippen molar-refractivity contribution in [2.24, 2.45) is 7.05 Å². The first-order valence-corrected chi connectivity index (χ1v) is 8.96. The Bertz CT molecular complexity index is 689. The summed E-state index contributed by atoms with van der Waals surface area (Å²) in [6.45, 7) is 5.04. The fourth-order valence-corrected chi connectivity index (χ4v) is 4.08. The van der Waals surface area contributed by atoms with Gasteiger partial charge in [-0.1, -0.05) is 13.8 Å². The summed E-state index contributed by atoms with van der Waals surface area (Å²) in [4.78, 5) is 1.01. The Hall–Kier alpha value is -1.22. The third kappa shape index (κ3) is 4.63. The van der Waals surface area contributed by atoms with Crippen LogP contribution < -0.4 is 10.0 Å². The zero-order chi connectivity index (χ0) is 15.5. The van der Waals surface area contributed by atoms with Gasteiger partial charge in [0.05, 0.1) is 6.20 Å². The van der Waals surface area contributed by atoms with Gasteiger partial charge in [0.1, 0.15) is 4.21 Å². The van der Waals surface area contributed by atoms with E-state index in [-0.39, 0.29) is 6.54 Å². The molecule has 0 bridgehead atoms. The molecule has 0 aromatic carbocycles. The van der Waals surface area contributed by atoms with E-state index in [1.54, 1.807) is 30.2 Å². The molecular weight excluding hydrogens is 308 g/mol. The third-order valence-electron chi connectivity index (χ3n) is 2.81. The van der Waals surface area contributed by atoms with Crippen molar-refractivity contribution in [3.63, 3.8) is 0 Å². The van der Waals surface area contributed by atoms with Crippen LogP contribution in [0.1, 0.15) is 24.3 Å². The van der Waals surface area contributed by atoms with Gasteiger partial charge in [0, 0.05) is 42.8 Å². The fraction of sp³-hybridized carbons (Fsp3) is 0.462. The van der Waals surface area contributed by atoms with E-state index in [9.17, 15) is 8.42 Å². The topological polar surface area (TPSA) is 76.0 Å². The molecule has 2 N–H and O–H groups in total. The summed E-state index contributed by atoms with van der Waals surface area (Å²) in [5.41, 5.74) is 0.833. The standard InChI is InChI=1S/C13H20N4O2S2/c1-10(2)14-8-12-4-5-13(20-12)21(18,19)16-7-11-6-15-17(3)9-11/h4-6,9-10,14,16H,7-8H2,1-3H3. The first kappa shape index (κ1) is 16.2. The molecule has 0 aliphatic rings. The van der Waals surface area contributed by atoms with Crippen molar-refractivity contribution in [1.29, 1.82) is 0 Å².